The molecule has 0 atom stereocenters. The average Bonchev–Trinajstić information content (AvgIpc) is 2.93. The quantitative estimate of drug-likeness (QED) is 0.919. The first kappa shape index (κ1) is 14.5. The summed E-state index contributed by atoms with van der Waals surface area (Å²) in [5.41, 5.74) is 2.55. The van der Waals surface area contributed by atoms with Gasteiger partial charge in [-0.05, 0) is 44.5 Å². The Morgan fingerprint density at radius 1 is 1.29 bits per heavy atom. The molecule has 0 radical (unpaired) electrons. The van der Waals surface area contributed by atoms with Gasteiger partial charge in [0.05, 0.1) is 17.6 Å². The van der Waals surface area contributed by atoms with E-state index in [4.69, 9.17) is 9.72 Å². The second kappa shape index (κ2) is 6.16. The van der Waals surface area contributed by atoms with Crippen molar-refractivity contribution in [1.82, 2.24) is 14.9 Å². The SMILES string of the molecule is CCC1(c2nc3ccccc3n2CCOC)CCNCC1. The zero-order valence-electron chi connectivity index (χ0n) is 13.1. The van der Waals surface area contributed by atoms with Gasteiger partial charge in [0, 0.05) is 19.1 Å². The molecule has 1 aliphatic rings. The van der Waals surface area contributed by atoms with Crippen LogP contribution in [-0.2, 0) is 16.7 Å². The largest absolute Gasteiger partial charge is 0.383 e. The van der Waals surface area contributed by atoms with E-state index in [1.807, 2.05) is 0 Å². The molecule has 3 rings (SSSR count). The first-order valence-corrected chi connectivity index (χ1v) is 7.96. The zero-order chi connectivity index (χ0) is 14.7. The lowest BCUT2D eigenvalue weighted by Crippen LogP contribution is -2.41. The number of nitrogens with one attached hydrogen (secondary N) is 1. The van der Waals surface area contributed by atoms with Crippen molar-refractivity contribution in [3.05, 3.63) is 30.1 Å². The van der Waals surface area contributed by atoms with Crippen LogP contribution >= 0.6 is 0 Å². The molecule has 114 valence electrons. The van der Waals surface area contributed by atoms with Gasteiger partial charge in [-0.2, -0.15) is 0 Å². The Balaban J connectivity index is 2.10. The van der Waals surface area contributed by atoms with Gasteiger partial charge in [-0.15, -0.1) is 0 Å². The molecule has 1 fully saturated rings. The van der Waals surface area contributed by atoms with Crippen LogP contribution in [0.1, 0.15) is 32.0 Å². The molecule has 4 nitrogen and oxygen atoms in total. The molecule has 0 saturated carbocycles. The number of nitrogens with zero attached hydrogens (tertiary/aromatic N) is 2. The van der Waals surface area contributed by atoms with Gasteiger partial charge in [-0.1, -0.05) is 19.1 Å². The molecule has 1 aliphatic heterocycles. The first-order chi connectivity index (χ1) is 10.3. The minimum Gasteiger partial charge on any atom is -0.383 e. The molecule has 1 N–H and O–H groups in total. The van der Waals surface area contributed by atoms with Crippen LogP contribution in [0.5, 0.6) is 0 Å². The summed E-state index contributed by atoms with van der Waals surface area (Å²) in [6.07, 6.45) is 3.48. The number of aromatic nitrogens is 2. The fourth-order valence-corrected chi connectivity index (χ4v) is 3.53. The summed E-state index contributed by atoms with van der Waals surface area (Å²) in [5, 5.41) is 3.48. The minimum atomic E-state index is 0.206. The van der Waals surface area contributed by atoms with Gasteiger partial charge in [0.2, 0.25) is 0 Å². The Hall–Kier alpha value is -1.39. The third-order valence-electron chi connectivity index (χ3n) is 4.89. The van der Waals surface area contributed by atoms with Crippen molar-refractivity contribution in [3.63, 3.8) is 0 Å². The molecule has 0 bridgehead atoms. The lowest BCUT2D eigenvalue weighted by Gasteiger charge is -2.36. The van der Waals surface area contributed by atoms with Crippen LogP contribution in [-0.4, -0.2) is 36.4 Å². The van der Waals surface area contributed by atoms with Crippen molar-refractivity contribution >= 4 is 11.0 Å². The van der Waals surface area contributed by atoms with Crippen LogP contribution in [0.25, 0.3) is 11.0 Å². The highest BCUT2D eigenvalue weighted by Gasteiger charge is 2.36. The van der Waals surface area contributed by atoms with Crippen LogP contribution in [0.4, 0.5) is 0 Å². The monoisotopic (exact) mass is 287 g/mol. The van der Waals surface area contributed by atoms with E-state index < -0.39 is 0 Å². The third kappa shape index (κ3) is 2.58. The number of methoxy groups -OCH3 is 1. The van der Waals surface area contributed by atoms with E-state index in [0.29, 0.717) is 0 Å². The number of hydrogen-bond acceptors (Lipinski definition) is 3. The van der Waals surface area contributed by atoms with Crippen molar-refractivity contribution < 1.29 is 4.74 Å². The van der Waals surface area contributed by atoms with E-state index >= 15 is 0 Å². The summed E-state index contributed by atoms with van der Waals surface area (Å²) in [5.74, 6) is 1.25. The topological polar surface area (TPSA) is 39.1 Å². The number of hydrogen-bond donors (Lipinski definition) is 1. The summed E-state index contributed by atoms with van der Waals surface area (Å²) in [4.78, 5) is 5.01. The maximum absolute atomic E-state index is 5.31. The van der Waals surface area contributed by atoms with Crippen LogP contribution in [0, 0.1) is 0 Å². The Kier molecular flexibility index (Phi) is 4.27. The number of rotatable bonds is 5. The second-order valence-electron chi connectivity index (χ2n) is 5.95. The van der Waals surface area contributed by atoms with E-state index in [2.05, 4.69) is 41.1 Å². The Morgan fingerprint density at radius 2 is 2.05 bits per heavy atom. The lowest BCUT2D eigenvalue weighted by molar-refractivity contribution is 0.183. The molecule has 0 aliphatic carbocycles. The Morgan fingerprint density at radius 3 is 2.76 bits per heavy atom. The minimum absolute atomic E-state index is 0.206. The molecular weight excluding hydrogens is 262 g/mol. The fraction of sp³-hybridized carbons (Fsp3) is 0.588. The van der Waals surface area contributed by atoms with Gasteiger partial charge in [0.1, 0.15) is 5.82 Å². The van der Waals surface area contributed by atoms with Gasteiger partial charge in [0.25, 0.3) is 0 Å². The number of ether oxygens (including phenoxy) is 1. The number of benzene rings is 1. The van der Waals surface area contributed by atoms with Gasteiger partial charge in [0.15, 0.2) is 0 Å². The predicted molar refractivity (Wildman–Crippen MR) is 85.7 cm³/mol. The Bertz CT molecular complexity index is 599. The number of fused-ring (bicyclic) bond motifs is 1. The molecule has 1 saturated heterocycles. The normalized spacial score (nSPS) is 18.2. The predicted octanol–water partition coefficient (Wildman–Crippen LogP) is 2.71. The van der Waals surface area contributed by atoms with Gasteiger partial charge in [-0.3, -0.25) is 0 Å². The van der Waals surface area contributed by atoms with Crippen LogP contribution in [0.2, 0.25) is 0 Å². The van der Waals surface area contributed by atoms with E-state index in [0.717, 1.165) is 38.2 Å². The molecule has 0 amide bonds. The van der Waals surface area contributed by atoms with Gasteiger partial charge >= 0.3 is 0 Å². The fourth-order valence-electron chi connectivity index (χ4n) is 3.53. The number of imidazole rings is 1. The van der Waals surface area contributed by atoms with E-state index in [1.165, 1.54) is 24.2 Å². The van der Waals surface area contributed by atoms with Crippen molar-refractivity contribution in [1.29, 1.82) is 0 Å². The Labute approximate surface area is 126 Å². The number of piperidine rings is 1. The van der Waals surface area contributed by atoms with Crippen molar-refractivity contribution in [3.8, 4) is 0 Å². The van der Waals surface area contributed by atoms with Gasteiger partial charge < -0.3 is 14.6 Å². The summed E-state index contributed by atoms with van der Waals surface area (Å²) in [6, 6.07) is 8.46. The smallest absolute Gasteiger partial charge is 0.116 e. The van der Waals surface area contributed by atoms with E-state index in [1.54, 1.807) is 7.11 Å². The summed E-state index contributed by atoms with van der Waals surface area (Å²) in [6.45, 7) is 6.07. The van der Waals surface area contributed by atoms with Crippen LogP contribution in [0.15, 0.2) is 24.3 Å². The average molecular weight is 287 g/mol. The van der Waals surface area contributed by atoms with Crippen LogP contribution < -0.4 is 5.32 Å². The molecule has 1 aromatic heterocycles. The standard InChI is InChI=1S/C17H25N3O/c1-3-17(8-10-18-11-9-17)16-19-14-6-4-5-7-15(14)20(16)12-13-21-2/h4-7,18H,3,8-13H2,1-2H3. The highest BCUT2D eigenvalue weighted by Crippen LogP contribution is 2.37. The second-order valence-corrected chi connectivity index (χ2v) is 5.95. The summed E-state index contributed by atoms with van der Waals surface area (Å²) >= 11 is 0. The lowest BCUT2D eigenvalue weighted by atomic mass is 9.76. The molecule has 21 heavy (non-hydrogen) atoms. The zero-order valence-corrected chi connectivity index (χ0v) is 13.1. The molecule has 1 aromatic carbocycles. The summed E-state index contributed by atoms with van der Waals surface area (Å²) < 4.78 is 7.69. The summed E-state index contributed by atoms with van der Waals surface area (Å²) in [7, 11) is 1.76. The third-order valence-corrected chi connectivity index (χ3v) is 4.89. The van der Waals surface area contributed by atoms with Crippen molar-refractivity contribution in [2.24, 2.45) is 0 Å². The molecule has 4 heteroatoms. The van der Waals surface area contributed by atoms with E-state index in [9.17, 15) is 0 Å². The molecular formula is C17H25N3O. The van der Waals surface area contributed by atoms with Crippen molar-refractivity contribution in [2.75, 3.05) is 26.8 Å². The maximum Gasteiger partial charge on any atom is 0.116 e. The molecule has 0 unspecified atom stereocenters. The highest BCUT2D eigenvalue weighted by molar-refractivity contribution is 5.76. The maximum atomic E-state index is 5.31. The number of para-hydroxylation sites is 2. The molecule has 2 heterocycles. The first-order valence-electron chi connectivity index (χ1n) is 7.96. The van der Waals surface area contributed by atoms with Crippen molar-refractivity contribution in [2.45, 2.75) is 38.1 Å². The molecule has 0 spiro atoms. The van der Waals surface area contributed by atoms with E-state index in [-0.39, 0.29) is 5.41 Å². The van der Waals surface area contributed by atoms with Gasteiger partial charge in [-0.25, -0.2) is 4.98 Å². The highest BCUT2D eigenvalue weighted by atomic mass is 16.5. The molecule has 2 aromatic rings. The van der Waals surface area contributed by atoms with Crippen LogP contribution in [0.3, 0.4) is 0 Å².